The van der Waals surface area contributed by atoms with Gasteiger partial charge in [-0.3, -0.25) is 19.6 Å². The van der Waals surface area contributed by atoms with Crippen LogP contribution in [0.4, 0.5) is 0 Å². The summed E-state index contributed by atoms with van der Waals surface area (Å²) in [4.78, 5) is 17.3. The van der Waals surface area contributed by atoms with Gasteiger partial charge in [0.05, 0.1) is 27.5 Å². The highest BCUT2D eigenvalue weighted by Gasteiger charge is 2.16. The third-order valence-electron chi connectivity index (χ3n) is 4.36. The van der Waals surface area contributed by atoms with E-state index in [4.69, 9.17) is 11.6 Å². The first kappa shape index (κ1) is 14.2. The molecule has 3 heterocycles. The average Bonchev–Trinajstić information content (AvgIpc) is 3.15. The molecule has 7 heteroatoms. The number of nitrogens with zero attached hydrogens (tertiary/aromatic N) is 4. The molecule has 0 fully saturated rings. The first-order valence-electron chi connectivity index (χ1n) is 7.73. The maximum absolute atomic E-state index is 12.8. The van der Waals surface area contributed by atoms with Gasteiger partial charge in [0.1, 0.15) is 5.52 Å². The first-order chi connectivity index (χ1) is 12.1. The fourth-order valence-corrected chi connectivity index (χ4v) is 3.33. The molecule has 5 aromatic rings. The van der Waals surface area contributed by atoms with Gasteiger partial charge in [0.15, 0.2) is 0 Å². The van der Waals surface area contributed by atoms with E-state index in [9.17, 15) is 4.79 Å². The summed E-state index contributed by atoms with van der Waals surface area (Å²) in [7, 11) is 1.92. The first-order valence-corrected chi connectivity index (χ1v) is 8.11. The number of rotatable bonds is 1. The van der Waals surface area contributed by atoms with Crippen molar-refractivity contribution >= 4 is 44.3 Å². The van der Waals surface area contributed by atoms with E-state index in [0.717, 1.165) is 21.8 Å². The SMILES string of the molecule is Cn1cc2ccc3ncc4c(=O)n(-c5ccc(Cl)cc5)nc4c3c2[nH]1. The Hall–Kier alpha value is -3.12. The molecule has 0 aliphatic heterocycles. The van der Waals surface area contributed by atoms with Crippen molar-refractivity contribution in [1.29, 1.82) is 0 Å². The summed E-state index contributed by atoms with van der Waals surface area (Å²) in [6.07, 6.45) is 3.58. The van der Waals surface area contributed by atoms with Crippen LogP contribution in [-0.2, 0) is 7.05 Å². The minimum atomic E-state index is -0.195. The van der Waals surface area contributed by atoms with E-state index in [1.165, 1.54) is 4.68 Å². The summed E-state index contributed by atoms with van der Waals surface area (Å²) in [5.41, 5.74) is 2.82. The van der Waals surface area contributed by atoms with E-state index < -0.39 is 0 Å². The number of aromatic amines is 1. The van der Waals surface area contributed by atoms with Crippen molar-refractivity contribution in [3.63, 3.8) is 0 Å². The third-order valence-corrected chi connectivity index (χ3v) is 4.61. The zero-order valence-electron chi connectivity index (χ0n) is 13.2. The van der Waals surface area contributed by atoms with Gasteiger partial charge in [0.2, 0.25) is 0 Å². The van der Waals surface area contributed by atoms with Crippen LogP contribution < -0.4 is 5.56 Å². The maximum atomic E-state index is 12.8. The normalized spacial score (nSPS) is 11.8. The predicted molar refractivity (Wildman–Crippen MR) is 98.5 cm³/mol. The molecule has 0 radical (unpaired) electrons. The van der Waals surface area contributed by atoms with Gasteiger partial charge in [-0.1, -0.05) is 11.6 Å². The van der Waals surface area contributed by atoms with Gasteiger partial charge in [-0.05, 0) is 36.4 Å². The van der Waals surface area contributed by atoms with E-state index in [1.807, 2.05) is 30.1 Å². The van der Waals surface area contributed by atoms with E-state index in [0.29, 0.717) is 21.6 Å². The van der Waals surface area contributed by atoms with Crippen LogP contribution in [-0.4, -0.2) is 24.5 Å². The van der Waals surface area contributed by atoms with Crippen molar-refractivity contribution in [3.8, 4) is 5.69 Å². The van der Waals surface area contributed by atoms with Crippen molar-refractivity contribution in [3.05, 3.63) is 64.2 Å². The molecule has 5 rings (SSSR count). The minimum Gasteiger partial charge on any atom is -0.298 e. The smallest absolute Gasteiger partial charge is 0.282 e. The monoisotopic (exact) mass is 349 g/mol. The molecule has 0 bridgehead atoms. The highest BCUT2D eigenvalue weighted by Crippen LogP contribution is 2.28. The van der Waals surface area contributed by atoms with Crippen molar-refractivity contribution in [2.24, 2.45) is 7.05 Å². The molecule has 0 saturated heterocycles. The Kier molecular flexibility index (Phi) is 2.81. The molecule has 6 nitrogen and oxygen atoms in total. The summed E-state index contributed by atoms with van der Waals surface area (Å²) in [5.74, 6) is 0. The Morgan fingerprint density at radius 2 is 1.92 bits per heavy atom. The van der Waals surface area contributed by atoms with Crippen LogP contribution in [0.5, 0.6) is 0 Å². The molecule has 0 spiro atoms. The summed E-state index contributed by atoms with van der Waals surface area (Å²) >= 11 is 5.94. The highest BCUT2D eigenvalue weighted by atomic mass is 35.5. The molecule has 0 amide bonds. The largest absolute Gasteiger partial charge is 0.298 e. The lowest BCUT2D eigenvalue weighted by Gasteiger charge is -2.00. The van der Waals surface area contributed by atoms with Crippen LogP contribution in [0, 0.1) is 0 Å². The van der Waals surface area contributed by atoms with Crippen LogP contribution in [0.15, 0.2) is 53.6 Å². The van der Waals surface area contributed by atoms with Crippen LogP contribution in [0.2, 0.25) is 5.02 Å². The molecule has 1 N–H and O–H groups in total. The van der Waals surface area contributed by atoms with Gasteiger partial charge in [0.25, 0.3) is 5.56 Å². The van der Waals surface area contributed by atoms with Crippen LogP contribution in [0.25, 0.3) is 38.4 Å². The lowest BCUT2D eigenvalue weighted by molar-refractivity contribution is 0.780. The minimum absolute atomic E-state index is 0.195. The lowest BCUT2D eigenvalue weighted by Crippen LogP contribution is -2.13. The predicted octanol–water partition coefficient (Wildman–Crippen LogP) is 3.41. The summed E-state index contributed by atoms with van der Waals surface area (Å²) in [6, 6.07) is 11.0. The quantitative estimate of drug-likeness (QED) is 0.504. The van der Waals surface area contributed by atoms with Gasteiger partial charge in [-0.2, -0.15) is 9.78 Å². The van der Waals surface area contributed by atoms with Crippen molar-refractivity contribution in [2.45, 2.75) is 0 Å². The van der Waals surface area contributed by atoms with E-state index in [1.54, 1.807) is 30.5 Å². The molecule has 0 aliphatic rings. The molecule has 0 atom stereocenters. The van der Waals surface area contributed by atoms with Crippen LogP contribution in [0.1, 0.15) is 0 Å². The van der Waals surface area contributed by atoms with Gasteiger partial charge in [-0.15, -0.1) is 0 Å². The molecule has 0 unspecified atom stereocenters. The number of nitrogens with one attached hydrogen (secondary N) is 1. The molecule has 2 aromatic carbocycles. The van der Waals surface area contributed by atoms with Crippen LogP contribution in [0.3, 0.4) is 0 Å². The number of fused-ring (bicyclic) bond motifs is 5. The molecular formula is C18H12ClN5O. The van der Waals surface area contributed by atoms with Gasteiger partial charge < -0.3 is 0 Å². The zero-order chi connectivity index (χ0) is 17.1. The second kappa shape index (κ2) is 4.94. The number of benzene rings is 2. The topological polar surface area (TPSA) is 68.5 Å². The van der Waals surface area contributed by atoms with Gasteiger partial charge in [-0.25, -0.2) is 0 Å². The van der Waals surface area contributed by atoms with Gasteiger partial charge in [0, 0.05) is 29.9 Å². The van der Waals surface area contributed by atoms with Crippen molar-refractivity contribution < 1.29 is 0 Å². The Morgan fingerprint density at radius 1 is 1.12 bits per heavy atom. The maximum Gasteiger partial charge on any atom is 0.282 e. The molecule has 25 heavy (non-hydrogen) atoms. The Labute approximate surface area is 146 Å². The Morgan fingerprint density at radius 3 is 2.72 bits per heavy atom. The van der Waals surface area contributed by atoms with E-state index in [2.05, 4.69) is 15.2 Å². The highest BCUT2D eigenvalue weighted by molar-refractivity contribution is 6.30. The third kappa shape index (κ3) is 2.01. The molecule has 3 aromatic heterocycles. The summed E-state index contributed by atoms with van der Waals surface area (Å²) < 4.78 is 3.27. The van der Waals surface area contributed by atoms with E-state index in [-0.39, 0.29) is 5.56 Å². The number of aromatic nitrogens is 5. The standard InChI is InChI=1S/C18H12ClN5O/c1-23-9-10-2-7-14-15(16(10)21-23)17-13(8-20-14)18(25)24(22-17)12-5-3-11(19)4-6-12/h2-9,21H,1H3. The molecule has 122 valence electrons. The lowest BCUT2D eigenvalue weighted by atomic mass is 10.1. The van der Waals surface area contributed by atoms with Crippen molar-refractivity contribution in [2.75, 3.05) is 0 Å². The Bertz CT molecular complexity index is 1330. The number of aryl methyl sites for hydroxylation is 1. The second-order valence-electron chi connectivity index (χ2n) is 5.99. The van der Waals surface area contributed by atoms with Crippen LogP contribution >= 0.6 is 11.6 Å². The number of hydrogen-bond donors (Lipinski definition) is 1. The Balaban J connectivity index is 1.93. The number of H-pyrrole nitrogens is 1. The molecular weight excluding hydrogens is 338 g/mol. The summed E-state index contributed by atoms with van der Waals surface area (Å²) in [6.45, 7) is 0. The van der Waals surface area contributed by atoms with Gasteiger partial charge >= 0.3 is 0 Å². The van der Waals surface area contributed by atoms with E-state index >= 15 is 0 Å². The molecule has 0 saturated carbocycles. The molecule has 0 aliphatic carbocycles. The zero-order valence-corrected chi connectivity index (χ0v) is 13.9. The number of pyridine rings is 1. The average molecular weight is 350 g/mol. The second-order valence-corrected chi connectivity index (χ2v) is 6.43. The van der Waals surface area contributed by atoms with Crippen molar-refractivity contribution in [1.82, 2.24) is 24.5 Å². The number of hydrogen-bond acceptors (Lipinski definition) is 3. The fraction of sp³-hybridized carbons (Fsp3) is 0.0556. The summed E-state index contributed by atoms with van der Waals surface area (Å²) in [5, 5.41) is 10.9. The fourth-order valence-electron chi connectivity index (χ4n) is 3.21. The number of halogens is 1.